The van der Waals surface area contributed by atoms with Crippen LogP contribution >= 0.6 is 0 Å². The summed E-state index contributed by atoms with van der Waals surface area (Å²) in [7, 11) is 1.44. The summed E-state index contributed by atoms with van der Waals surface area (Å²) in [5.41, 5.74) is 5.72. The molecule has 0 saturated carbocycles. The minimum absolute atomic E-state index is 0.130. The number of methoxy groups -OCH3 is 1. The van der Waals surface area contributed by atoms with E-state index in [1.54, 1.807) is 0 Å². The van der Waals surface area contributed by atoms with E-state index in [-0.39, 0.29) is 12.0 Å². The predicted molar refractivity (Wildman–Crippen MR) is 64.0 cm³/mol. The van der Waals surface area contributed by atoms with Crippen LogP contribution in [0, 0.1) is 5.92 Å². The lowest BCUT2D eigenvalue weighted by atomic mass is 9.92. The van der Waals surface area contributed by atoms with Crippen molar-refractivity contribution in [2.24, 2.45) is 11.7 Å². The quantitative estimate of drug-likeness (QED) is 0.729. The van der Waals surface area contributed by atoms with Crippen LogP contribution in [0.3, 0.4) is 0 Å². The highest BCUT2D eigenvalue weighted by Gasteiger charge is 2.29. The van der Waals surface area contributed by atoms with Crippen LogP contribution in [0.5, 0.6) is 0 Å². The van der Waals surface area contributed by atoms with Crippen molar-refractivity contribution in [1.82, 2.24) is 4.90 Å². The number of nitrogens with two attached hydrogens (primary N) is 1. The summed E-state index contributed by atoms with van der Waals surface area (Å²) in [5.74, 6) is 0.450. The molecule has 1 saturated heterocycles. The highest BCUT2D eigenvalue weighted by Crippen LogP contribution is 2.24. The van der Waals surface area contributed by atoms with E-state index < -0.39 is 0 Å². The van der Waals surface area contributed by atoms with E-state index in [0.717, 1.165) is 13.1 Å². The molecule has 2 N–H and O–H groups in total. The van der Waals surface area contributed by atoms with Crippen molar-refractivity contribution in [3.8, 4) is 0 Å². The van der Waals surface area contributed by atoms with Crippen molar-refractivity contribution in [1.29, 1.82) is 0 Å². The molecule has 1 aliphatic rings. The van der Waals surface area contributed by atoms with Crippen molar-refractivity contribution in [2.45, 2.75) is 45.2 Å². The van der Waals surface area contributed by atoms with E-state index in [2.05, 4.69) is 18.7 Å². The van der Waals surface area contributed by atoms with Crippen LogP contribution in [0.4, 0.5) is 0 Å². The van der Waals surface area contributed by atoms with E-state index in [4.69, 9.17) is 10.5 Å². The molecule has 0 aromatic carbocycles. The fourth-order valence-electron chi connectivity index (χ4n) is 2.46. The number of hydrogen-bond donors (Lipinski definition) is 1. The molecule has 0 radical (unpaired) electrons. The van der Waals surface area contributed by atoms with Gasteiger partial charge in [0.15, 0.2) is 0 Å². The van der Waals surface area contributed by atoms with Crippen LogP contribution in [-0.2, 0) is 9.53 Å². The molecule has 16 heavy (non-hydrogen) atoms. The molecule has 1 rings (SSSR count). The number of carbonyl (C=O) groups excluding carboxylic acids is 1. The zero-order valence-electron chi connectivity index (χ0n) is 10.6. The van der Waals surface area contributed by atoms with Crippen molar-refractivity contribution < 1.29 is 9.53 Å². The van der Waals surface area contributed by atoms with Crippen molar-refractivity contribution in [3.05, 3.63) is 0 Å². The molecular weight excluding hydrogens is 204 g/mol. The molecule has 3 unspecified atom stereocenters. The van der Waals surface area contributed by atoms with Gasteiger partial charge in [-0.1, -0.05) is 0 Å². The largest absolute Gasteiger partial charge is 0.469 e. The third kappa shape index (κ3) is 3.46. The molecule has 3 atom stereocenters. The summed E-state index contributed by atoms with van der Waals surface area (Å²) in [6, 6.07) is 0.791. The summed E-state index contributed by atoms with van der Waals surface area (Å²) >= 11 is 0. The second-order valence-corrected chi connectivity index (χ2v) is 4.85. The van der Waals surface area contributed by atoms with Crippen LogP contribution in [-0.4, -0.2) is 43.2 Å². The lowest BCUT2D eigenvalue weighted by Gasteiger charge is -2.41. The molecule has 94 valence electrons. The number of likely N-dealkylation sites (tertiary alicyclic amines) is 1. The lowest BCUT2D eigenvalue weighted by molar-refractivity contribution is -0.142. The Balaban J connectivity index is 2.51. The summed E-state index contributed by atoms with van der Waals surface area (Å²) in [5, 5.41) is 0. The predicted octanol–water partition coefficient (Wildman–Crippen LogP) is 0.997. The number of nitrogens with zero attached hydrogens (tertiary/aromatic N) is 1. The van der Waals surface area contributed by atoms with Gasteiger partial charge in [0.05, 0.1) is 13.5 Å². The maximum absolute atomic E-state index is 11.2. The van der Waals surface area contributed by atoms with Gasteiger partial charge in [0.1, 0.15) is 0 Å². The molecule has 0 bridgehead atoms. The fourth-order valence-corrected chi connectivity index (χ4v) is 2.46. The second-order valence-electron chi connectivity index (χ2n) is 4.85. The molecule has 0 aliphatic carbocycles. The Morgan fingerprint density at radius 1 is 1.56 bits per heavy atom. The zero-order valence-corrected chi connectivity index (χ0v) is 10.6. The molecule has 0 aromatic rings. The Morgan fingerprint density at radius 2 is 2.25 bits per heavy atom. The molecule has 0 spiro atoms. The fraction of sp³-hybridized carbons (Fsp3) is 0.917. The van der Waals surface area contributed by atoms with Crippen LogP contribution < -0.4 is 5.73 Å². The van der Waals surface area contributed by atoms with Gasteiger partial charge in [-0.05, 0) is 39.2 Å². The smallest absolute Gasteiger partial charge is 0.307 e. The van der Waals surface area contributed by atoms with E-state index in [1.807, 2.05) is 0 Å². The van der Waals surface area contributed by atoms with Gasteiger partial charge in [0.25, 0.3) is 0 Å². The molecule has 1 aliphatic heterocycles. The zero-order chi connectivity index (χ0) is 12.1. The van der Waals surface area contributed by atoms with Gasteiger partial charge in [-0.3, -0.25) is 9.69 Å². The molecule has 1 fully saturated rings. The lowest BCUT2D eigenvalue weighted by Crippen LogP contribution is -2.48. The highest BCUT2D eigenvalue weighted by molar-refractivity contribution is 5.69. The Morgan fingerprint density at radius 3 is 2.81 bits per heavy atom. The van der Waals surface area contributed by atoms with Gasteiger partial charge in [-0.2, -0.15) is 0 Å². The second kappa shape index (κ2) is 6.21. The SMILES string of the molecule is COC(=O)CC(C)N1CC(CN)CCC1C. The van der Waals surface area contributed by atoms with E-state index in [1.165, 1.54) is 20.0 Å². The summed E-state index contributed by atoms with van der Waals surface area (Å²) in [6.07, 6.45) is 2.85. The van der Waals surface area contributed by atoms with Crippen molar-refractivity contribution in [2.75, 3.05) is 20.2 Å². The number of esters is 1. The van der Waals surface area contributed by atoms with E-state index in [9.17, 15) is 4.79 Å². The first kappa shape index (κ1) is 13.5. The normalized spacial score (nSPS) is 28.8. The van der Waals surface area contributed by atoms with E-state index in [0.29, 0.717) is 18.4 Å². The van der Waals surface area contributed by atoms with Gasteiger partial charge in [0, 0.05) is 18.6 Å². The topological polar surface area (TPSA) is 55.6 Å². The average Bonchev–Trinajstić information content (AvgIpc) is 2.29. The Labute approximate surface area is 98.1 Å². The Kier molecular flexibility index (Phi) is 5.22. The molecule has 1 heterocycles. The van der Waals surface area contributed by atoms with Gasteiger partial charge in [0.2, 0.25) is 0 Å². The first-order valence-corrected chi connectivity index (χ1v) is 6.11. The monoisotopic (exact) mass is 228 g/mol. The molecule has 4 nitrogen and oxygen atoms in total. The van der Waals surface area contributed by atoms with Crippen LogP contribution in [0.1, 0.15) is 33.1 Å². The average molecular weight is 228 g/mol. The minimum atomic E-state index is -0.130. The maximum atomic E-state index is 11.2. The van der Waals surface area contributed by atoms with Gasteiger partial charge < -0.3 is 10.5 Å². The number of rotatable bonds is 4. The number of hydrogen-bond acceptors (Lipinski definition) is 4. The van der Waals surface area contributed by atoms with Crippen LogP contribution in [0.15, 0.2) is 0 Å². The number of ether oxygens (including phenoxy) is 1. The first-order valence-electron chi connectivity index (χ1n) is 6.11. The molecule has 4 heteroatoms. The maximum Gasteiger partial charge on any atom is 0.307 e. The van der Waals surface area contributed by atoms with Crippen LogP contribution in [0.25, 0.3) is 0 Å². The summed E-state index contributed by atoms with van der Waals surface area (Å²) in [6.45, 7) is 6.07. The first-order chi connectivity index (χ1) is 7.58. The molecule has 0 aromatic heterocycles. The van der Waals surface area contributed by atoms with E-state index >= 15 is 0 Å². The number of carbonyl (C=O) groups is 1. The van der Waals surface area contributed by atoms with Gasteiger partial charge >= 0.3 is 5.97 Å². The highest BCUT2D eigenvalue weighted by atomic mass is 16.5. The minimum Gasteiger partial charge on any atom is -0.469 e. The van der Waals surface area contributed by atoms with Gasteiger partial charge in [-0.15, -0.1) is 0 Å². The summed E-state index contributed by atoms with van der Waals surface area (Å²) in [4.78, 5) is 13.6. The van der Waals surface area contributed by atoms with Gasteiger partial charge in [-0.25, -0.2) is 0 Å². The Bertz CT molecular complexity index is 233. The third-order valence-corrected chi connectivity index (χ3v) is 3.62. The third-order valence-electron chi connectivity index (χ3n) is 3.62. The molecule has 0 amide bonds. The Hall–Kier alpha value is -0.610. The van der Waals surface area contributed by atoms with Crippen molar-refractivity contribution in [3.63, 3.8) is 0 Å². The van der Waals surface area contributed by atoms with Crippen LogP contribution in [0.2, 0.25) is 0 Å². The standard InChI is InChI=1S/C12H24N2O2/c1-9-4-5-11(7-13)8-14(9)10(2)6-12(15)16-3/h9-11H,4-8,13H2,1-3H3. The number of piperidine rings is 1. The molecular formula is C12H24N2O2. The van der Waals surface area contributed by atoms with Crippen molar-refractivity contribution >= 4 is 5.97 Å². The summed E-state index contributed by atoms with van der Waals surface area (Å²) < 4.78 is 4.71.